The molecule has 0 bridgehead atoms. The molecule has 0 spiro atoms. The average molecular weight is 302 g/mol. The van der Waals surface area contributed by atoms with Gasteiger partial charge in [0.05, 0.1) is 0 Å². The number of carbonyl (C=O) groups excluding carboxylic acids is 1. The zero-order valence-electron chi connectivity index (χ0n) is 14.4. The average Bonchev–Trinajstić information content (AvgIpc) is 2.82. The molecule has 0 aromatic carbocycles. The van der Waals surface area contributed by atoms with Crippen LogP contribution in [-0.2, 0) is 9.53 Å². The van der Waals surface area contributed by atoms with Gasteiger partial charge in [0, 0.05) is 6.08 Å². The molecule has 2 heteroatoms. The smallest absolute Gasteiger partial charge is 0.331 e. The molecular formula is C20H30O2. The predicted octanol–water partition coefficient (Wildman–Crippen LogP) is 5.05. The quantitative estimate of drug-likeness (QED) is 0.539. The highest BCUT2D eigenvalue weighted by atomic mass is 16.5. The van der Waals surface area contributed by atoms with Crippen molar-refractivity contribution in [2.45, 2.75) is 65.7 Å². The zero-order valence-corrected chi connectivity index (χ0v) is 14.4. The molecule has 3 aliphatic rings. The standard InChI is InChI=1S/C20H30O2/c1-14-6-9-17-19(2,3)10-5-11-20(17,4)16(14)8-7-15-12-18(21)22-13-15/h12,16-17H,1,5-11,13H2,2-4H3/t16-,17?,20+/m0/s1. The van der Waals surface area contributed by atoms with Crippen molar-refractivity contribution in [1.29, 1.82) is 0 Å². The number of esters is 1. The van der Waals surface area contributed by atoms with Crippen LogP contribution >= 0.6 is 0 Å². The van der Waals surface area contributed by atoms with Crippen molar-refractivity contribution in [2.24, 2.45) is 22.7 Å². The van der Waals surface area contributed by atoms with Gasteiger partial charge in [-0.15, -0.1) is 0 Å². The van der Waals surface area contributed by atoms with Crippen LogP contribution in [0.25, 0.3) is 0 Å². The van der Waals surface area contributed by atoms with Gasteiger partial charge in [-0.1, -0.05) is 39.3 Å². The molecule has 0 aromatic rings. The minimum Gasteiger partial charge on any atom is -0.458 e. The van der Waals surface area contributed by atoms with Crippen LogP contribution in [0.15, 0.2) is 23.8 Å². The zero-order chi connectivity index (χ0) is 16.0. The van der Waals surface area contributed by atoms with Gasteiger partial charge in [-0.25, -0.2) is 4.79 Å². The van der Waals surface area contributed by atoms with E-state index >= 15 is 0 Å². The van der Waals surface area contributed by atoms with Gasteiger partial charge >= 0.3 is 5.97 Å². The molecule has 2 saturated carbocycles. The van der Waals surface area contributed by atoms with Gasteiger partial charge in [0.1, 0.15) is 6.61 Å². The Hall–Kier alpha value is -1.05. The van der Waals surface area contributed by atoms with Crippen LogP contribution in [-0.4, -0.2) is 12.6 Å². The highest BCUT2D eigenvalue weighted by Crippen LogP contribution is 2.61. The lowest BCUT2D eigenvalue weighted by atomic mass is 9.47. The van der Waals surface area contributed by atoms with E-state index in [-0.39, 0.29) is 5.97 Å². The van der Waals surface area contributed by atoms with E-state index in [1.807, 2.05) is 0 Å². The highest BCUT2D eigenvalue weighted by Gasteiger charge is 2.52. The third-order valence-corrected chi connectivity index (χ3v) is 6.79. The second-order valence-electron chi connectivity index (χ2n) is 8.60. The maximum atomic E-state index is 11.2. The molecule has 3 atom stereocenters. The SMILES string of the molecule is C=C1CCC2C(C)(C)CCC[C@]2(C)[C@H]1CCC1=CC(=O)OC1. The Morgan fingerprint density at radius 3 is 2.77 bits per heavy atom. The van der Waals surface area contributed by atoms with Gasteiger partial charge in [-0.2, -0.15) is 0 Å². The fraction of sp³-hybridized carbons (Fsp3) is 0.750. The first kappa shape index (κ1) is 15.8. The summed E-state index contributed by atoms with van der Waals surface area (Å²) in [4.78, 5) is 11.2. The fourth-order valence-electron chi connectivity index (χ4n) is 5.70. The summed E-state index contributed by atoms with van der Waals surface area (Å²) < 4.78 is 5.04. The molecule has 0 radical (unpaired) electrons. The topological polar surface area (TPSA) is 26.3 Å². The first-order chi connectivity index (χ1) is 10.3. The van der Waals surface area contributed by atoms with E-state index in [1.54, 1.807) is 6.08 Å². The number of ether oxygens (including phenoxy) is 1. The van der Waals surface area contributed by atoms with E-state index in [4.69, 9.17) is 4.74 Å². The molecule has 3 rings (SSSR count). The van der Waals surface area contributed by atoms with Crippen LogP contribution in [0, 0.1) is 22.7 Å². The van der Waals surface area contributed by atoms with Crippen molar-refractivity contribution in [3.8, 4) is 0 Å². The second-order valence-corrected chi connectivity index (χ2v) is 8.60. The third kappa shape index (κ3) is 2.66. The van der Waals surface area contributed by atoms with Crippen molar-refractivity contribution in [3.63, 3.8) is 0 Å². The lowest BCUT2D eigenvalue weighted by molar-refractivity contribution is -0.134. The summed E-state index contributed by atoms with van der Waals surface area (Å²) in [7, 11) is 0. The molecule has 0 aromatic heterocycles. The number of cyclic esters (lactones) is 1. The van der Waals surface area contributed by atoms with E-state index in [0.29, 0.717) is 23.4 Å². The number of allylic oxidation sites excluding steroid dienone is 1. The van der Waals surface area contributed by atoms with E-state index < -0.39 is 0 Å². The Morgan fingerprint density at radius 1 is 1.32 bits per heavy atom. The third-order valence-electron chi connectivity index (χ3n) is 6.79. The molecule has 0 N–H and O–H groups in total. The molecule has 1 heterocycles. The van der Waals surface area contributed by atoms with Crippen LogP contribution in [0.4, 0.5) is 0 Å². The number of rotatable bonds is 3. The lowest BCUT2D eigenvalue weighted by Crippen LogP contribution is -2.49. The maximum absolute atomic E-state index is 11.2. The molecule has 1 unspecified atom stereocenters. The molecule has 2 nitrogen and oxygen atoms in total. The molecule has 0 saturated heterocycles. The highest BCUT2D eigenvalue weighted by molar-refractivity contribution is 5.85. The van der Waals surface area contributed by atoms with Crippen LogP contribution in [0.2, 0.25) is 0 Å². The second kappa shape index (κ2) is 5.54. The Bertz CT molecular complexity index is 514. The first-order valence-electron chi connectivity index (χ1n) is 8.87. The van der Waals surface area contributed by atoms with Gasteiger partial charge in [0.15, 0.2) is 0 Å². The molecule has 1 aliphatic heterocycles. The summed E-state index contributed by atoms with van der Waals surface area (Å²) in [5.41, 5.74) is 3.46. The number of hydrogen-bond donors (Lipinski definition) is 0. The van der Waals surface area contributed by atoms with Gasteiger partial charge < -0.3 is 4.74 Å². The Labute approximate surface area is 135 Å². The number of hydrogen-bond acceptors (Lipinski definition) is 2. The van der Waals surface area contributed by atoms with Crippen LogP contribution in [0.5, 0.6) is 0 Å². The van der Waals surface area contributed by atoms with E-state index in [1.165, 1.54) is 43.3 Å². The molecule has 2 aliphatic carbocycles. The van der Waals surface area contributed by atoms with Gasteiger partial charge in [0.2, 0.25) is 0 Å². The Balaban J connectivity index is 1.77. The van der Waals surface area contributed by atoms with Crippen molar-refractivity contribution in [3.05, 3.63) is 23.8 Å². The minimum absolute atomic E-state index is 0.166. The van der Waals surface area contributed by atoms with Gasteiger partial charge in [0.25, 0.3) is 0 Å². The van der Waals surface area contributed by atoms with E-state index in [9.17, 15) is 4.79 Å². The lowest BCUT2D eigenvalue weighted by Gasteiger charge is -2.58. The number of fused-ring (bicyclic) bond motifs is 1. The summed E-state index contributed by atoms with van der Waals surface area (Å²) in [6.45, 7) is 12.4. The van der Waals surface area contributed by atoms with Crippen molar-refractivity contribution in [1.82, 2.24) is 0 Å². The molecule has 2 fully saturated rings. The Morgan fingerprint density at radius 2 is 2.09 bits per heavy atom. The first-order valence-corrected chi connectivity index (χ1v) is 8.87. The van der Waals surface area contributed by atoms with Gasteiger partial charge in [-0.3, -0.25) is 0 Å². The summed E-state index contributed by atoms with van der Waals surface area (Å²) in [6, 6.07) is 0. The van der Waals surface area contributed by atoms with Crippen molar-refractivity contribution >= 4 is 5.97 Å². The van der Waals surface area contributed by atoms with Crippen LogP contribution in [0.3, 0.4) is 0 Å². The molecule has 122 valence electrons. The predicted molar refractivity (Wildman–Crippen MR) is 89.4 cm³/mol. The van der Waals surface area contributed by atoms with Crippen molar-refractivity contribution in [2.75, 3.05) is 6.61 Å². The van der Waals surface area contributed by atoms with E-state index in [0.717, 1.165) is 18.8 Å². The normalized spacial score (nSPS) is 37.5. The Kier molecular flexibility index (Phi) is 3.99. The molecule has 0 amide bonds. The van der Waals surface area contributed by atoms with Crippen molar-refractivity contribution < 1.29 is 9.53 Å². The molecule has 22 heavy (non-hydrogen) atoms. The van der Waals surface area contributed by atoms with Crippen LogP contribution < -0.4 is 0 Å². The fourth-order valence-corrected chi connectivity index (χ4v) is 5.70. The van der Waals surface area contributed by atoms with Gasteiger partial charge in [-0.05, 0) is 66.8 Å². The maximum Gasteiger partial charge on any atom is 0.331 e. The van der Waals surface area contributed by atoms with E-state index in [2.05, 4.69) is 27.4 Å². The summed E-state index contributed by atoms with van der Waals surface area (Å²) in [5, 5.41) is 0. The monoisotopic (exact) mass is 302 g/mol. The minimum atomic E-state index is -0.166. The summed E-state index contributed by atoms with van der Waals surface area (Å²) in [6.07, 6.45) is 10.3. The summed E-state index contributed by atoms with van der Waals surface area (Å²) in [5.74, 6) is 1.24. The molecular weight excluding hydrogens is 272 g/mol. The largest absolute Gasteiger partial charge is 0.458 e. The number of carbonyl (C=O) groups is 1. The van der Waals surface area contributed by atoms with Crippen LogP contribution in [0.1, 0.15) is 65.7 Å². The summed E-state index contributed by atoms with van der Waals surface area (Å²) >= 11 is 0.